The number of aromatic nitrogens is 3. The highest BCUT2D eigenvalue weighted by molar-refractivity contribution is 7.19. The van der Waals surface area contributed by atoms with E-state index in [0.717, 1.165) is 66.9 Å². The van der Waals surface area contributed by atoms with Crippen LogP contribution >= 0.6 is 11.3 Å². The van der Waals surface area contributed by atoms with Gasteiger partial charge in [0.1, 0.15) is 22.7 Å². The second kappa shape index (κ2) is 11.2. The summed E-state index contributed by atoms with van der Waals surface area (Å²) in [5, 5.41) is 15.7. The number of aliphatic hydroxyl groups is 1. The Hall–Kier alpha value is -3.48. The zero-order valence-electron chi connectivity index (χ0n) is 24.3. The van der Waals surface area contributed by atoms with Gasteiger partial charge in [0.25, 0.3) is 5.91 Å². The number of likely N-dealkylation sites (tertiary alicyclic amines) is 1. The molecule has 5 heterocycles. The summed E-state index contributed by atoms with van der Waals surface area (Å²) in [6.07, 6.45) is 9.36. The maximum Gasteiger partial charge on any atom is 0.330 e. The van der Waals surface area contributed by atoms with Crippen LogP contribution in [0.1, 0.15) is 78.1 Å². The van der Waals surface area contributed by atoms with Gasteiger partial charge >= 0.3 is 6.03 Å². The van der Waals surface area contributed by atoms with E-state index in [4.69, 9.17) is 9.97 Å². The number of hydrogen-bond donors (Lipinski definition) is 3. The first kappa shape index (κ1) is 28.3. The van der Waals surface area contributed by atoms with Crippen molar-refractivity contribution < 1.29 is 19.5 Å². The lowest BCUT2D eigenvalue weighted by atomic mass is 9.77. The van der Waals surface area contributed by atoms with Crippen molar-refractivity contribution in [1.82, 2.24) is 30.5 Å². The van der Waals surface area contributed by atoms with Gasteiger partial charge in [0, 0.05) is 31.5 Å². The molecule has 0 bridgehead atoms. The molecule has 3 aromatic heterocycles. The Labute approximate surface area is 254 Å². The summed E-state index contributed by atoms with van der Waals surface area (Å²) >= 11 is 1.33. The van der Waals surface area contributed by atoms with E-state index in [1.165, 1.54) is 41.1 Å². The van der Waals surface area contributed by atoms with Crippen LogP contribution in [0, 0.1) is 11.3 Å². The number of thiazole rings is 1. The van der Waals surface area contributed by atoms with Crippen molar-refractivity contribution in [2.24, 2.45) is 11.3 Å². The van der Waals surface area contributed by atoms with E-state index in [1.807, 2.05) is 6.07 Å². The smallest absolute Gasteiger partial charge is 0.330 e. The average molecular weight is 604 g/mol. The number of imide groups is 1. The van der Waals surface area contributed by atoms with E-state index >= 15 is 0 Å². The number of aliphatic hydroxyl groups excluding tert-OH is 1. The number of carbonyl (C=O) groups excluding carboxylic acids is 3. The van der Waals surface area contributed by atoms with Gasteiger partial charge < -0.3 is 15.3 Å². The molecule has 0 aromatic carbocycles. The number of aryl methyl sites for hydroxylation is 1. The molecule has 12 heteroatoms. The number of anilines is 1. The number of urea groups is 1. The van der Waals surface area contributed by atoms with E-state index in [-0.39, 0.29) is 30.5 Å². The van der Waals surface area contributed by atoms with Gasteiger partial charge in [-0.3, -0.25) is 19.8 Å². The van der Waals surface area contributed by atoms with Gasteiger partial charge in [0.15, 0.2) is 5.01 Å². The molecule has 2 saturated heterocycles. The molecule has 3 aromatic rings. The van der Waals surface area contributed by atoms with Gasteiger partial charge in [-0.1, -0.05) is 24.3 Å². The summed E-state index contributed by atoms with van der Waals surface area (Å²) in [5.74, 6) is 0.458. The molecule has 0 spiro atoms. The minimum atomic E-state index is -0.495. The fraction of sp³-hybridized carbons (Fsp3) is 0.548. The predicted molar refractivity (Wildman–Crippen MR) is 162 cm³/mol. The Morgan fingerprint density at radius 3 is 2.72 bits per heavy atom. The molecular formula is C31H37N7O4S. The van der Waals surface area contributed by atoms with Gasteiger partial charge in [0.2, 0.25) is 5.91 Å². The second-order valence-electron chi connectivity index (χ2n) is 12.8. The van der Waals surface area contributed by atoms with E-state index in [0.29, 0.717) is 28.6 Å². The van der Waals surface area contributed by atoms with Crippen LogP contribution in [0.25, 0.3) is 10.3 Å². The predicted octanol–water partition coefficient (Wildman–Crippen LogP) is 3.37. The molecule has 4 amide bonds. The van der Waals surface area contributed by atoms with Crippen LogP contribution in [-0.2, 0) is 17.6 Å². The highest BCUT2D eigenvalue weighted by Gasteiger charge is 2.45. The molecule has 0 radical (unpaired) electrons. The lowest BCUT2D eigenvalue weighted by Crippen LogP contribution is -2.38. The fourth-order valence-electron chi connectivity index (χ4n) is 6.70. The Bertz CT molecular complexity index is 1560. The highest BCUT2D eigenvalue weighted by Crippen LogP contribution is 2.55. The van der Waals surface area contributed by atoms with Gasteiger partial charge in [0.05, 0.1) is 12.1 Å². The topological polar surface area (TPSA) is 141 Å². The first-order chi connectivity index (χ1) is 20.7. The monoisotopic (exact) mass is 603 g/mol. The number of piperidine rings is 1. The molecule has 3 fully saturated rings. The zero-order chi connectivity index (χ0) is 29.7. The number of rotatable bonds is 8. The van der Waals surface area contributed by atoms with Crippen LogP contribution in [0.3, 0.4) is 0 Å². The number of pyridine rings is 2. The Morgan fingerprint density at radius 1 is 1.21 bits per heavy atom. The van der Waals surface area contributed by atoms with Crippen LogP contribution in [0.4, 0.5) is 10.6 Å². The summed E-state index contributed by atoms with van der Waals surface area (Å²) in [7, 11) is 0. The molecule has 43 heavy (non-hydrogen) atoms. The van der Waals surface area contributed by atoms with Crippen molar-refractivity contribution in [3.05, 3.63) is 46.2 Å². The first-order valence-electron chi connectivity index (χ1n) is 15.3. The van der Waals surface area contributed by atoms with E-state index in [9.17, 15) is 19.5 Å². The summed E-state index contributed by atoms with van der Waals surface area (Å²) in [6.45, 7) is 4.70. The Morgan fingerprint density at radius 2 is 2.02 bits per heavy atom. The highest BCUT2D eigenvalue weighted by atomic mass is 32.1. The Balaban J connectivity index is 1.09. The molecule has 4 aliphatic rings. The number of nitrogens with zero attached hydrogens (tertiary/aromatic N) is 5. The van der Waals surface area contributed by atoms with E-state index in [2.05, 4.69) is 33.5 Å². The van der Waals surface area contributed by atoms with Crippen LogP contribution in [0.2, 0.25) is 0 Å². The van der Waals surface area contributed by atoms with Gasteiger partial charge in [-0.05, 0) is 86.0 Å². The van der Waals surface area contributed by atoms with Crippen LogP contribution in [0.5, 0.6) is 0 Å². The van der Waals surface area contributed by atoms with Crippen molar-refractivity contribution in [3.8, 4) is 0 Å². The molecular weight excluding hydrogens is 566 g/mol. The molecule has 0 unspecified atom stereocenters. The molecule has 7 rings (SSSR count). The number of amides is 4. The first-order valence-corrected chi connectivity index (χ1v) is 16.1. The van der Waals surface area contributed by atoms with Gasteiger partial charge in [-0.2, -0.15) is 0 Å². The van der Waals surface area contributed by atoms with Crippen LogP contribution < -0.4 is 15.5 Å². The van der Waals surface area contributed by atoms with Gasteiger partial charge in [-0.15, -0.1) is 0 Å². The normalized spacial score (nSPS) is 22.8. The standard InChI is InChI=1S/C31H37N7O4S/c1-31(9-10-31)20-3-4-22-19(14-20)15-24-28(34-22)43-29(35-24)27(41)33-23(8-13-37-11-6-21(39)7-12-37)18-2-5-25(32-16-18)38-17-26(40)36-30(38)42/h2,5,15-16,20-21,23,39H,3-4,6-14,17H2,1H3,(H,33,41)(H,36,40,42)/t20-,23+/m0/s1. The quantitative estimate of drug-likeness (QED) is 0.333. The Kier molecular flexibility index (Phi) is 7.38. The summed E-state index contributed by atoms with van der Waals surface area (Å²) < 4.78 is 0. The minimum absolute atomic E-state index is 0.0683. The minimum Gasteiger partial charge on any atom is -0.393 e. The van der Waals surface area contributed by atoms with Crippen molar-refractivity contribution in [2.75, 3.05) is 31.1 Å². The molecule has 3 N–H and O–H groups in total. The third-order valence-electron chi connectivity index (χ3n) is 9.81. The summed E-state index contributed by atoms with van der Waals surface area (Å²) in [5.41, 5.74) is 4.48. The molecule has 2 aliphatic carbocycles. The maximum absolute atomic E-state index is 13.6. The van der Waals surface area contributed by atoms with Crippen molar-refractivity contribution in [2.45, 2.75) is 70.4 Å². The SMILES string of the molecule is CC1([C@H]2CCc3nc4sc(C(=O)N[C@H](CCN5CCC(O)CC5)c5ccc(N6CC(=O)NC6=O)nc5)nc4cc3C2)CC1. The molecule has 11 nitrogen and oxygen atoms in total. The largest absolute Gasteiger partial charge is 0.393 e. The van der Waals surface area contributed by atoms with E-state index in [1.54, 1.807) is 12.3 Å². The fourth-order valence-corrected chi connectivity index (χ4v) is 7.54. The van der Waals surface area contributed by atoms with Crippen LogP contribution in [0.15, 0.2) is 24.4 Å². The molecule has 2 aliphatic heterocycles. The number of carbonyl (C=O) groups is 3. The lowest BCUT2D eigenvalue weighted by Gasteiger charge is -2.31. The number of hydrogen-bond acceptors (Lipinski definition) is 9. The molecule has 2 atom stereocenters. The van der Waals surface area contributed by atoms with Crippen molar-refractivity contribution in [1.29, 1.82) is 0 Å². The maximum atomic E-state index is 13.6. The van der Waals surface area contributed by atoms with E-state index < -0.39 is 6.03 Å². The third kappa shape index (κ3) is 5.87. The number of nitrogens with one attached hydrogen (secondary N) is 2. The number of fused-ring (bicyclic) bond motifs is 2. The average Bonchev–Trinajstić information content (AvgIpc) is 3.47. The van der Waals surface area contributed by atoms with Crippen molar-refractivity contribution in [3.63, 3.8) is 0 Å². The zero-order valence-corrected chi connectivity index (χ0v) is 25.2. The third-order valence-corrected chi connectivity index (χ3v) is 10.8. The summed E-state index contributed by atoms with van der Waals surface area (Å²) in [4.78, 5) is 55.8. The lowest BCUT2D eigenvalue weighted by molar-refractivity contribution is -0.117. The van der Waals surface area contributed by atoms with Crippen LogP contribution in [-0.4, -0.2) is 75.1 Å². The molecule has 226 valence electrons. The van der Waals surface area contributed by atoms with Crippen molar-refractivity contribution >= 4 is 45.3 Å². The second-order valence-corrected chi connectivity index (χ2v) is 13.8. The van der Waals surface area contributed by atoms with Gasteiger partial charge in [-0.25, -0.2) is 19.7 Å². The summed E-state index contributed by atoms with van der Waals surface area (Å²) in [6, 6.07) is 4.85. The molecule has 1 saturated carbocycles.